The van der Waals surface area contributed by atoms with Gasteiger partial charge in [-0.2, -0.15) is 12.6 Å². The molecule has 0 amide bonds. The summed E-state index contributed by atoms with van der Waals surface area (Å²) >= 11 is 3.96. The van der Waals surface area contributed by atoms with Crippen molar-refractivity contribution in [1.29, 1.82) is 0 Å². The minimum absolute atomic E-state index is 0.314. The molecule has 0 fully saturated rings. The second-order valence-electron chi connectivity index (χ2n) is 2.92. The fourth-order valence-electron chi connectivity index (χ4n) is 1.18. The van der Waals surface area contributed by atoms with E-state index in [9.17, 15) is 14.9 Å². The van der Waals surface area contributed by atoms with E-state index in [4.69, 9.17) is 5.11 Å². The summed E-state index contributed by atoms with van der Waals surface area (Å²) in [6.07, 6.45) is 3.37. The fraction of sp³-hybridized carbons (Fsp3) is 0.100. The Balaban J connectivity index is 3.22. The molecule has 1 aromatic rings. The third kappa shape index (κ3) is 2.83. The number of benzene rings is 1. The number of nitro groups is 1. The lowest BCUT2D eigenvalue weighted by Gasteiger charge is -1.99. The molecule has 0 aliphatic heterocycles. The number of nitro benzene ring substituents is 1. The smallest absolute Gasteiger partial charge is 0.342 e. The summed E-state index contributed by atoms with van der Waals surface area (Å²) in [4.78, 5) is 20.7. The number of hydrogen-bond acceptors (Lipinski definition) is 4. The van der Waals surface area contributed by atoms with Gasteiger partial charge in [0.15, 0.2) is 0 Å². The monoisotopic (exact) mass is 239 g/mol. The van der Waals surface area contributed by atoms with Crippen molar-refractivity contribution >= 4 is 30.4 Å². The molecular weight excluding hydrogens is 230 g/mol. The molecule has 1 N–H and O–H groups in total. The molecule has 0 bridgehead atoms. The summed E-state index contributed by atoms with van der Waals surface area (Å²) in [5.41, 5.74) is -0.126. The summed E-state index contributed by atoms with van der Waals surface area (Å²) in [5.74, 6) is -0.799. The van der Waals surface area contributed by atoms with Crippen LogP contribution >= 0.6 is 12.6 Å². The van der Waals surface area contributed by atoms with Gasteiger partial charge in [0.2, 0.25) is 0 Å². The summed E-state index contributed by atoms with van der Waals surface area (Å²) in [5, 5.41) is 19.4. The van der Waals surface area contributed by atoms with Crippen molar-refractivity contribution in [1.82, 2.24) is 0 Å². The van der Waals surface area contributed by atoms with Gasteiger partial charge in [0.05, 0.1) is 4.92 Å². The van der Waals surface area contributed by atoms with Crippen molar-refractivity contribution in [2.45, 2.75) is 0 Å². The lowest BCUT2D eigenvalue weighted by Crippen LogP contribution is -2.02. The van der Waals surface area contributed by atoms with Crippen molar-refractivity contribution in [2.24, 2.45) is 0 Å². The van der Waals surface area contributed by atoms with Gasteiger partial charge in [0, 0.05) is 11.8 Å². The van der Waals surface area contributed by atoms with Gasteiger partial charge in [-0.05, 0) is 17.7 Å². The quantitative estimate of drug-likeness (QED) is 0.479. The maximum Gasteiger partial charge on any atom is 0.342 e. The van der Waals surface area contributed by atoms with Crippen molar-refractivity contribution in [3.8, 4) is 0 Å². The first kappa shape index (κ1) is 12.3. The molecule has 0 aliphatic carbocycles. The molecule has 84 valence electrons. The Hall–Kier alpha value is -1.82. The lowest BCUT2D eigenvalue weighted by atomic mass is 10.1. The van der Waals surface area contributed by atoms with Crippen LogP contribution in [0.15, 0.2) is 24.3 Å². The van der Waals surface area contributed by atoms with Crippen LogP contribution in [0.2, 0.25) is 0 Å². The lowest BCUT2D eigenvalue weighted by molar-refractivity contribution is -0.385. The Labute approximate surface area is 97.0 Å². The molecule has 0 aromatic heterocycles. The number of aromatic carboxylic acids is 1. The Morgan fingerprint density at radius 1 is 1.56 bits per heavy atom. The highest BCUT2D eigenvalue weighted by molar-refractivity contribution is 7.80. The highest BCUT2D eigenvalue weighted by Crippen LogP contribution is 2.20. The topological polar surface area (TPSA) is 80.4 Å². The summed E-state index contributed by atoms with van der Waals surface area (Å²) in [6.45, 7) is 0. The minimum Gasteiger partial charge on any atom is -0.477 e. The molecule has 0 aliphatic rings. The molecular formula is C10H9NO4S. The van der Waals surface area contributed by atoms with E-state index in [0.29, 0.717) is 11.3 Å². The molecule has 5 nitrogen and oxygen atoms in total. The van der Waals surface area contributed by atoms with Gasteiger partial charge >= 0.3 is 5.97 Å². The molecule has 0 atom stereocenters. The molecule has 0 unspecified atom stereocenters. The molecule has 1 rings (SSSR count). The van der Waals surface area contributed by atoms with E-state index in [1.807, 2.05) is 0 Å². The number of carbonyl (C=O) groups is 1. The Morgan fingerprint density at radius 3 is 2.75 bits per heavy atom. The molecule has 16 heavy (non-hydrogen) atoms. The van der Waals surface area contributed by atoms with Crippen LogP contribution in [0.5, 0.6) is 0 Å². The Morgan fingerprint density at radius 2 is 2.25 bits per heavy atom. The maximum absolute atomic E-state index is 10.8. The summed E-state index contributed by atoms with van der Waals surface area (Å²) in [6, 6.07) is 3.94. The highest BCUT2D eigenvalue weighted by Gasteiger charge is 2.19. The zero-order valence-corrected chi connectivity index (χ0v) is 9.05. The molecule has 0 saturated carbocycles. The summed E-state index contributed by atoms with van der Waals surface area (Å²) in [7, 11) is 0. The second kappa shape index (κ2) is 5.32. The first-order chi connectivity index (χ1) is 7.56. The standard InChI is InChI=1S/C10H9NO4S/c12-10(13)8-6-7(2-1-5-16)3-4-9(8)11(14)15/h1-4,6,16H,5H2,(H,12,13). The molecule has 0 radical (unpaired) electrons. The van der Waals surface area contributed by atoms with Crippen LogP contribution in [-0.4, -0.2) is 21.8 Å². The average molecular weight is 239 g/mol. The number of carboxylic acids is 1. The molecule has 6 heteroatoms. The second-order valence-corrected chi connectivity index (χ2v) is 3.29. The van der Waals surface area contributed by atoms with Gasteiger partial charge in [-0.3, -0.25) is 10.1 Å². The third-order valence-electron chi connectivity index (χ3n) is 1.86. The largest absolute Gasteiger partial charge is 0.477 e. The SMILES string of the molecule is O=C(O)c1cc(C=CCS)ccc1[N+](=O)[O-]. The fourth-order valence-corrected chi connectivity index (χ4v) is 1.28. The van der Waals surface area contributed by atoms with E-state index in [2.05, 4.69) is 12.6 Å². The van der Waals surface area contributed by atoms with E-state index >= 15 is 0 Å². The predicted octanol–water partition coefficient (Wildman–Crippen LogP) is 2.24. The predicted molar refractivity (Wildman–Crippen MR) is 62.9 cm³/mol. The van der Waals surface area contributed by atoms with Crippen LogP contribution in [-0.2, 0) is 0 Å². The Bertz CT molecular complexity index is 456. The summed E-state index contributed by atoms with van der Waals surface area (Å²) < 4.78 is 0. The van der Waals surface area contributed by atoms with Crippen LogP contribution in [0.4, 0.5) is 5.69 Å². The molecule has 0 spiro atoms. The van der Waals surface area contributed by atoms with Crippen molar-refractivity contribution in [3.05, 3.63) is 45.5 Å². The van der Waals surface area contributed by atoms with Gasteiger partial charge in [0.1, 0.15) is 5.56 Å². The number of nitrogens with zero attached hydrogens (tertiary/aromatic N) is 1. The maximum atomic E-state index is 10.8. The number of rotatable bonds is 4. The zero-order valence-electron chi connectivity index (χ0n) is 8.16. The number of carboxylic acid groups (broad SMARTS) is 1. The zero-order chi connectivity index (χ0) is 12.1. The van der Waals surface area contributed by atoms with Gasteiger partial charge in [-0.25, -0.2) is 4.79 Å². The molecule has 0 heterocycles. The highest BCUT2D eigenvalue weighted by atomic mass is 32.1. The van der Waals surface area contributed by atoms with E-state index < -0.39 is 16.6 Å². The third-order valence-corrected chi connectivity index (χ3v) is 2.07. The van der Waals surface area contributed by atoms with Crippen LogP contribution in [0.1, 0.15) is 15.9 Å². The minimum atomic E-state index is -1.31. The van der Waals surface area contributed by atoms with Gasteiger partial charge < -0.3 is 5.11 Å². The van der Waals surface area contributed by atoms with E-state index in [-0.39, 0.29) is 5.56 Å². The van der Waals surface area contributed by atoms with Crippen molar-refractivity contribution in [2.75, 3.05) is 5.75 Å². The van der Waals surface area contributed by atoms with Crippen LogP contribution in [0.3, 0.4) is 0 Å². The normalized spacial score (nSPS) is 10.6. The first-order valence-corrected chi connectivity index (χ1v) is 4.98. The van der Waals surface area contributed by atoms with E-state index in [1.54, 1.807) is 12.2 Å². The van der Waals surface area contributed by atoms with Crippen LogP contribution in [0.25, 0.3) is 6.08 Å². The molecule has 1 aromatic carbocycles. The number of thiol groups is 1. The Kier molecular flexibility index (Phi) is 4.07. The van der Waals surface area contributed by atoms with Crippen LogP contribution in [0, 0.1) is 10.1 Å². The van der Waals surface area contributed by atoms with Gasteiger partial charge in [-0.15, -0.1) is 0 Å². The van der Waals surface area contributed by atoms with Crippen molar-refractivity contribution in [3.63, 3.8) is 0 Å². The van der Waals surface area contributed by atoms with E-state index in [0.717, 1.165) is 0 Å². The number of hydrogen-bond donors (Lipinski definition) is 2. The van der Waals surface area contributed by atoms with Gasteiger partial charge in [0.25, 0.3) is 5.69 Å². The average Bonchev–Trinajstić information content (AvgIpc) is 2.25. The van der Waals surface area contributed by atoms with Crippen molar-refractivity contribution < 1.29 is 14.8 Å². The van der Waals surface area contributed by atoms with Crippen LogP contribution < -0.4 is 0 Å². The first-order valence-electron chi connectivity index (χ1n) is 4.35. The molecule has 0 saturated heterocycles. The van der Waals surface area contributed by atoms with E-state index in [1.165, 1.54) is 18.2 Å². The van der Waals surface area contributed by atoms with Gasteiger partial charge in [-0.1, -0.05) is 12.2 Å².